The van der Waals surface area contributed by atoms with Crippen LogP contribution in [0.15, 0.2) is 18.7 Å². The first kappa shape index (κ1) is 12.4. The molecule has 1 aliphatic rings. The van der Waals surface area contributed by atoms with Crippen LogP contribution in [0.5, 0.6) is 0 Å². The van der Waals surface area contributed by atoms with Gasteiger partial charge in [-0.1, -0.05) is 11.6 Å². The van der Waals surface area contributed by atoms with Crippen molar-refractivity contribution in [2.75, 3.05) is 11.9 Å². The van der Waals surface area contributed by atoms with E-state index < -0.39 is 0 Å². The summed E-state index contributed by atoms with van der Waals surface area (Å²) in [4.78, 5) is 12.8. The Morgan fingerprint density at radius 2 is 2.26 bits per heavy atom. The number of nitrogens with one attached hydrogen (secondary N) is 1. The fraction of sp³-hybridized carbons (Fsp3) is 0.462. The van der Waals surface area contributed by atoms with Gasteiger partial charge in [-0.15, -0.1) is 0 Å². The van der Waals surface area contributed by atoms with Gasteiger partial charge in [-0.3, -0.25) is 0 Å². The molecule has 1 aliphatic carbocycles. The summed E-state index contributed by atoms with van der Waals surface area (Å²) in [6.07, 6.45) is 9.72. The van der Waals surface area contributed by atoms with E-state index in [9.17, 15) is 0 Å². The van der Waals surface area contributed by atoms with E-state index in [-0.39, 0.29) is 0 Å². The zero-order valence-electron chi connectivity index (χ0n) is 10.6. The van der Waals surface area contributed by atoms with Gasteiger partial charge in [0.1, 0.15) is 5.15 Å². The lowest BCUT2D eigenvalue weighted by Crippen LogP contribution is -2.09. The molecule has 0 atom stereocenters. The van der Waals surface area contributed by atoms with Crippen LogP contribution in [-0.4, -0.2) is 26.1 Å². The number of nitrogens with zero attached hydrogens (tertiary/aromatic N) is 4. The molecular formula is C13H16ClN5. The van der Waals surface area contributed by atoms with Crippen molar-refractivity contribution in [1.82, 2.24) is 19.5 Å². The molecule has 1 N–H and O–H groups in total. The Labute approximate surface area is 117 Å². The number of imidazole rings is 1. The van der Waals surface area contributed by atoms with Crippen molar-refractivity contribution in [3.8, 4) is 0 Å². The summed E-state index contributed by atoms with van der Waals surface area (Å²) < 4.78 is 2.05. The average Bonchev–Trinajstić information content (AvgIpc) is 3.05. The first-order valence-corrected chi connectivity index (χ1v) is 6.95. The number of rotatable bonds is 5. The molecule has 0 amide bonds. The van der Waals surface area contributed by atoms with Crippen molar-refractivity contribution in [3.05, 3.63) is 35.1 Å². The molecule has 0 bridgehead atoms. The molecule has 5 nitrogen and oxygen atoms in total. The number of hydrogen-bond acceptors (Lipinski definition) is 4. The third-order valence-corrected chi connectivity index (χ3v) is 3.63. The van der Waals surface area contributed by atoms with E-state index >= 15 is 0 Å². The Morgan fingerprint density at radius 1 is 1.32 bits per heavy atom. The standard InChI is InChI=1S/C13H16ClN5/c14-12-10-3-1-4-11(10)17-13(18-12)16-5-2-7-19-8-6-15-9-19/h6,8-9H,1-5,7H2,(H,16,17,18). The van der Waals surface area contributed by atoms with Gasteiger partial charge in [0.15, 0.2) is 0 Å². The highest BCUT2D eigenvalue weighted by Crippen LogP contribution is 2.26. The molecule has 100 valence electrons. The smallest absolute Gasteiger partial charge is 0.224 e. The second-order valence-corrected chi connectivity index (χ2v) is 5.06. The Hall–Kier alpha value is -1.62. The van der Waals surface area contributed by atoms with Crippen LogP contribution in [0.2, 0.25) is 5.15 Å². The number of fused-ring (bicyclic) bond motifs is 1. The summed E-state index contributed by atoms with van der Waals surface area (Å²) in [6, 6.07) is 0. The van der Waals surface area contributed by atoms with E-state index in [4.69, 9.17) is 11.6 Å². The Bertz CT molecular complexity index is 552. The van der Waals surface area contributed by atoms with Crippen molar-refractivity contribution < 1.29 is 0 Å². The van der Waals surface area contributed by atoms with Gasteiger partial charge in [0.25, 0.3) is 0 Å². The third-order valence-electron chi connectivity index (χ3n) is 3.32. The second kappa shape index (κ2) is 5.57. The van der Waals surface area contributed by atoms with Crippen LogP contribution >= 0.6 is 11.6 Å². The predicted octanol–water partition coefficient (Wildman–Crippen LogP) is 2.32. The largest absolute Gasteiger partial charge is 0.354 e. The molecule has 0 saturated carbocycles. The van der Waals surface area contributed by atoms with E-state index in [2.05, 4.69) is 24.8 Å². The van der Waals surface area contributed by atoms with Crippen LogP contribution < -0.4 is 5.32 Å². The van der Waals surface area contributed by atoms with Gasteiger partial charge in [-0.05, 0) is 25.7 Å². The lowest BCUT2D eigenvalue weighted by atomic mass is 10.3. The molecule has 3 rings (SSSR count). The topological polar surface area (TPSA) is 55.6 Å². The minimum absolute atomic E-state index is 0.611. The summed E-state index contributed by atoms with van der Waals surface area (Å²) in [5.74, 6) is 0.649. The normalized spacial score (nSPS) is 13.5. The minimum Gasteiger partial charge on any atom is -0.354 e. The number of anilines is 1. The molecule has 2 aromatic heterocycles. The highest BCUT2D eigenvalue weighted by molar-refractivity contribution is 6.30. The van der Waals surface area contributed by atoms with Gasteiger partial charge in [-0.25, -0.2) is 15.0 Å². The molecule has 2 heterocycles. The summed E-state index contributed by atoms with van der Waals surface area (Å²) in [6.45, 7) is 1.76. The van der Waals surface area contributed by atoms with Crippen LogP contribution in [0, 0.1) is 0 Å². The van der Waals surface area contributed by atoms with Gasteiger partial charge in [0.2, 0.25) is 5.95 Å². The molecule has 0 aliphatic heterocycles. The van der Waals surface area contributed by atoms with E-state index in [0.29, 0.717) is 11.1 Å². The van der Waals surface area contributed by atoms with Crippen molar-refractivity contribution >= 4 is 17.5 Å². The first-order chi connectivity index (χ1) is 9.33. The summed E-state index contributed by atoms with van der Waals surface area (Å²) >= 11 is 6.17. The molecule has 0 aromatic carbocycles. The van der Waals surface area contributed by atoms with Gasteiger partial charge in [0.05, 0.1) is 12.0 Å². The lowest BCUT2D eigenvalue weighted by molar-refractivity contribution is 0.659. The number of halogens is 1. The Balaban J connectivity index is 1.54. The molecule has 6 heteroatoms. The van der Waals surface area contributed by atoms with Gasteiger partial charge < -0.3 is 9.88 Å². The molecule has 0 fully saturated rings. The monoisotopic (exact) mass is 277 g/mol. The zero-order chi connectivity index (χ0) is 13.1. The average molecular weight is 278 g/mol. The maximum absolute atomic E-state index is 6.17. The Kier molecular flexibility index (Phi) is 3.64. The lowest BCUT2D eigenvalue weighted by Gasteiger charge is -2.08. The van der Waals surface area contributed by atoms with Crippen LogP contribution in [-0.2, 0) is 19.4 Å². The molecule has 0 unspecified atom stereocenters. The SMILES string of the molecule is Clc1nc(NCCCn2ccnc2)nc2c1CCC2. The molecule has 0 radical (unpaired) electrons. The first-order valence-electron chi connectivity index (χ1n) is 6.58. The summed E-state index contributed by atoms with van der Waals surface area (Å²) in [5, 5.41) is 3.85. The van der Waals surface area contributed by atoms with Crippen molar-refractivity contribution in [1.29, 1.82) is 0 Å². The summed E-state index contributed by atoms with van der Waals surface area (Å²) in [7, 11) is 0. The maximum atomic E-state index is 6.17. The quantitative estimate of drug-likeness (QED) is 0.673. The van der Waals surface area contributed by atoms with Gasteiger partial charge in [0, 0.05) is 31.0 Å². The maximum Gasteiger partial charge on any atom is 0.224 e. The summed E-state index contributed by atoms with van der Waals surface area (Å²) in [5.41, 5.74) is 2.24. The fourth-order valence-electron chi connectivity index (χ4n) is 2.35. The Morgan fingerprint density at radius 3 is 3.11 bits per heavy atom. The molecular weight excluding hydrogens is 262 g/mol. The van der Waals surface area contributed by atoms with Crippen molar-refractivity contribution in [3.63, 3.8) is 0 Å². The molecule has 0 saturated heterocycles. The fourth-order valence-corrected chi connectivity index (χ4v) is 2.63. The number of hydrogen-bond donors (Lipinski definition) is 1. The highest BCUT2D eigenvalue weighted by Gasteiger charge is 2.17. The van der Waals surface area contributed by atoms with Gasteiger partial charge in [-0.2, -0.15) is 0 Å². The predicted molar refractivity (Wildman–Crippen MR) is 74.4 cm³/mol. The van der Waals surface area contributed by atoms with E-state index in [1.54, 1.807) is 6.20 Å². The van der Waals surface area contributed by atoms with Crippen LogP contribution in [0.3, 0.4) is 0 Å². The van der Waals surface area contributed by atoms with E-state index in [1.807, 2.05) is 12.5 Å². The van der Waals surface area contributed by atoms with Gasteiger partial charge >= 0.3 is 0 Å². The minimum atomic E-state index is 0.611. The van der Waals surface area contributed by atoms with E-state index in [0.717, 1.165) is 50.0 Å². The number of aryl methyl sites for hydroxylation is 2. The van der Waals surface area contributed by atoms with Crippen molar-refractivity contribution in [2.24, 2.45) is 0 Å². The van der Waals surface area contributed by atoms with E-state index in [1.165, 1.54) is 0 Å². The van der Waals surface area contributed by atoms with Crippen molar-refractivity contribution in [2.45, 2.75) is 32.2 Å². The third kappa shape index (κ3) is 2.87. The molecule has 2 aromatic rings. The second-order valence-electron chi connectivity index (χ2n) is 4.70. The van der Waals surface area contributed by atoms with Crippen LogP contribution in [0.25, 0.3) is 0 Å². The van der Waals surface area contributed by atoms with Crippen LogP contribution in [0.4, 0.5) is 5.95 Å². The molecule has 0 spiro atoms. The number of aromatic nitrogens is 4. The zero-order valence-corrected chi connectivity index (χ0v) is 11.4. The highest BCUT2D eigenvalue weighted by atomic mass is 35.5. The molecule has 19 heavy (non-hydrogen) atoms. The van der Waals surface area contributed by atoms with Crippen LogP contribution in [0.1, 0.15) is 24.1 Å².